The summed E-state index contributed by atoms with van der Waals surface area (Å²) in [5.41, 5.74) is 0. The van der Waals surface area contributed by atoms with Crippen LogP contribution in [0.4, 0.5) is 11.6 Å². The fourth-order valence-electron chi connectivity index (χ4n) is 4.21. The topological polar surface area (TPSA) is 98.5 Å². The number of anilines is 2. The zero-order valence-electron chi connectivity index (χ0n) is 15.4. The van der Waals surface area contributed by atoms with Gasteiger partial charge >= 0.3 is 0 Å². The van der Waals surface area contributed by atoms with Gasteiger partial charge in [-0.3, -0.25) is 0 Å². The molecule has 4 rings (SSSR count). The van der Waals surface area contributed by atoms with Gasteiger partial charge in [-0.2, -0.15) is 0 Å². The minimum atomic E-state index is 0.0619. The Morgan fingerprint density at radius 3 is 2.00 bits per heavy atom. The van der Waals surface area contributed by atoms with Crippen molar-refractivity contribution in [2.75, 3.05) is 36.1 Å². The molecule has 0 aromatic carbocycles. The highest BCUT2D eigenvalue weighted by atomic mass is 16.3. The maximum absolute atomic E-state index is 9.18. The molecule has 8 nitrogen and oxygen atoms in total. The van der Waals surface area contributed by atoms with Gasteiger partial charge in [0.25, 0.3) is 0 Å². The Morgan fingerprint density at radius 1 is 0.852 bits per heavy atom. The van der Waals surface area contributed by atoms with Gasteiger partial charge in [-0.1, -0.05) is 0 Å². The number of nitrogens with zero attached hydrogens (tertiary/aromatic N) is 6. The van der Waals surface area contributed by atoms with Crippen molar-refractivity contribution in [2.24, 2.45) is 0 Å². The van der Waals surface area contributed by atoms with Crippen molar-refractivity contribution in [3.8, 4) is 0 Å². The van der Waals surface area contributed by atoms with E-state index in [0.717, 1.165) is 37.6 Å². The Balaban J connectivity index is 1.56. The molecule has 144 valence electrons. The average Bonchev–Trinajstić information content (AvgIpc) is 2.68. The second-order valence-electron chi connectivity index (χ2n) is 7.16. The monoisotopic (exact) mass is 370 g/mol. The average molecular weight is 370 g/mol. The molecule has 2 saturated heterocycles. The van der Waals surface area contributed by atoms with Gasteiger partial charge in [-0.15, -0.1) is 0 Å². The lowest BCUT2D eigenvalue weighted by Gasteiger charge is -2.51. The van der Waals surface area contributed by atoms with Crippen LogP contribution in [-0.4, -0.2) is 68.5 Å². The number of piperidine rings is 1. The molecule has 0 amide bonds. The van der Waals surface area contributed by atoms with Crippen molar-refractivity contribution in [3.05, 3.63) is 36.2 Å². The van der Waals surface area contributed by atoms with Crippen LogP contribution >= 0.6 is 0 Å². The zero-order valence-corrected chi connectivity index (χ0v) is 15.4. The molecule has 2 unspecified atom stereocenters. The quantitative estimate of drug-likeness (QED) is 0.762. The molecule has 2 aromatic heterocycles. The first kappa shape index (κ1) is 18.1. The molecule has 0 radical (unpaired) electrons. The first-order valence-electron chi connectivity index (χ1n) is 9.67. The van der Waals surface area contributed by atoms with Crippen molar-refractivity contribution in [1.29, 1.82) is 0 Å². The molecule has 2 aromatic rings. The summed E-state index contributed by atoms with van der Waals surface area (Å²) in [4.78, 5) is 22.6. The summed E-state index contributed by atoms with van der Waals surface area (Å²) in [6.07, 6.45) is 8.02. The first-order valence-corrected chi connectivity index (χ1v) is 9.67. The van der Waals surface area contributed by atoms with Crippen LogP contribution in [0, 0.1) is 0 Å². The summed E-state index contributed by atoms with van der Waals surface area (Å²) >= 11 is 0. The zero-order chi connectivity index (χ0) is 18.6. The molecule has 8 heteroatoms. The smallest absolute Gasteiger partial charge is 0.132 e. The number of rotatable bonds is 6. The Morgan fingerprint density at radius 2 is 1.41 bits per heavy atom. The Bertz CT molecular complexity index is 759. The maximum atomic E-state index is 9.18. The molecule has 2 bridgehead atoms. The van der Waals surface area contributed by atoms with Crippen molar-refractivity contribution in [2.45, 2.75) is 44.2 Å². The van der Waals surface area contributed by atoms with E-state index in [1.165, 1.54) is 6.42 Å². The molecule has 4 heterocycles. The molecule has 2 N–H and O–H groups in total. The highest BCUT2D eigenvalue weighted by molar-refractivity contribution is 5.48. The lowest BCUT2D eigenvalue weighted by molar-refractivity contribution is 0.295. The second-order valence-corrected chi connectivity index (χ2v) is 7.16. The molecule has 2 aliphatic rings. The van der Waals surface area contributed by atoms with Crippen LogP contribution in [0.5, 0.6) is 0 Å². The largest absolute Gasteiger partial charge is 0.396 e. The fourth-order valence-corrected chi connectivity index (χ4v) is 4.21. The van der Waals surface area contributed by atoms with E-state index >= 15 is 0 Å². The standard InChI is InChI=1S/C19H26N6O2/c26-10-6-16-20-8-4-18(22-16)24-12-14-2-1-3-15(13-24)25(14)19-5-9-21-17(23-19)7-11-27/h4-5,8-9,14-15,26-27H,1-3,6-7,10-13H2. The number of fused-ring (bicyclic) bond motifs is 2. The summed E-state index contributed by atoms with van der Waals surface area (Å²) in [6, 6.07) is 4.69. The molecule has 2 fully saturated rings. The van der Waals surface area contributed by atoms with Crippen molar-refractivity contribution in [3.63, 3.8) is 0 Å². The van der Waals surface area contributed by atoms with Crippen LogP contribution in [-0.2, 0) is 12.8 Å². The van der Waals surface area contributed by atoms with Gasteiger partial charge in [-0.05, 0) is 31.4 Å². The van der Waals surface area contributed by atoms with Crippen LogP contribution in [0.2, 0.25) is 0 Å². The number of piperazine rings is 1. The van der Waals surface area contributed by atoms with E-state index in [9.17, 15) is 5.11 Å². The minimum absolute atomic E-state index is 0.0619. The first-order chi connectivity index (χ1) is 13.3. The summed E-state index contributed by atoms with van der Waals surface area (Å²) in [7, 11) is 0. The summed E-state index contributed by atoms with van der Waals surface area (Å²) in [5, 5.41) is 18.3. The normalized spacial score (nSPS) is 22.1. The Kier molecular flexibility index (Phi) is 5.45. The van der Waals surface area contributed by atoms with Crippen molar-refractivity contribution in [1.82, 2.24) is 19.9 Å². The third-order valence-electron chi connectivity index (χ3n) is 5.36. The van der Waals surface area contributed by atoms with Crippen molar-refractivity contribution < 1.29 is 10.2 Å². The lowest BCUT2D eigenvalue weighted by Crippen LogP contribution is -2.61. The van der Waals surface area contributed by atoms with Gasteiger partial charge in [0.05, 0.1) is 13.2 Å². The molecular formula is C19H26N6O2. The van der Waals surface area contributed by atoms with E-state index in [1.54, 1.807) is 12.4 Å². The van der Waals surface area contributed by atoms with Crippen molar-refractivity contribution >= 4 is 11.6 Å². The van der Waals surface area contributed by atoms with Crippen LogP contribution in [0.1, 0.15) is 30.9 Å². The third kappa shape index (κ3) is 3.86. The molecular weight excluding hydrogens is 344 g/mol. The van der Waals surface area contributed by atoms with E-state index in [4.69, 9.17) is 5.11 Å². The lowest BCUT2D eigenvalue weighted by atomic mass is 9.91. The van der Waals surface area contributed by atoms with E-state index in [0.29, 0.717) is 36.6 Å². The molecule has 2 atom stereocenters. The van der Waals surface area contributed by atoms with Gasteiger partial charge in [0.2, 0.25) is 0 Å². The third-order valence-corrected chi connectivity index (χ3v) is 5.36. The summed E-state index contributed by atoms with van der Waals surface area (Å²) in [6.45, 7) is 1.91. The number of hydrogen-bond acceptors (Lipinski definition) is 8. The second kappa shape index (κ2) is 8.14. The van der Waals surface area contributed by atoms with E-state index < -0.39 is 0 Å². The summed E-state index contributed by atoms with van der Waals surface area (Å²) in [5.74, 6) is 3.28. The number of aromatic nitrogens is 4. The highest BCUT2D eigenvalue weighted by Gasteiger charge is 2.38. The molecule has 27 heavy (non-hydrogen) atoms. The van der Waals surface area contributed by atoms with E-state index in [2.05, 4.69) is 29.7 Å². The molecule has 0 aliphatic carbocycles. The van der Waals surface area contributed by atoms with Crippen LogP contribution in [0.15, 0.2) is 24.5 Å². The van der Waals surface area contributed by atoms with Gasteiger partial charge in [-0.25, -0.2) is 19.9 Å². The molecule has 0 spiro atoms. The Hall–Kier alpha value is -2.32. The maximum Gasteiger partial charge on any atom is 0.132 e. The number of aliphatic hydroxyl groups is 2. The highest BCUT2D eigenvalue weighted by Crippen LogP contribution is 2.33. The van der Waals surface area contributed by atoms with Gasteiger partial charge in [0, 0.05) is 50.4 Å². The predicted octanol–water partition coefficient (Wildman–Crippen LogP) is 0.584. The van der Waals surface area contributed by atoms with E-state index in [-0.39, 0.29) is 13.2 Å². The minimum Gasteiger partial charge on any atom is -0.396 e. The van der Waals surface area contributed by atoms with Gasteiger partial charge in [0.1, 0.15) is 23.3 Å². The molecule has 0 saturated carbocycles. The fraction of sp³-hybridized carbons (Fsp3) is 0.579. The van der Waals surface area contributed by atoms with Gasteiger partial charge in [0.15, 0.2) is 0 Å². The molecule has 2 aliphatic heterocycles. The van der Waals surface area contributed by atoms with E-state index in [1.807, 2.05) is 12.1 Å². The van der Waals surface area contributed by atoms with Gasteiger partial charge < -0.3 is 20.0 Å². The van der Waals surface area contributed by atoms with Crippen LogP contribution in [0.25, 0.3) is 0 Å². The number of hydrogen-bond donors (Lipinski definition) is 2. The van der Waals surface area contributed by atoms with Crippen LogP contribution < -0.4 is 9.80 Å². The number of aliphatic hydroxyl groups excluding tert-OH is 2. The summed E-state index contributed by atoms with van der Waals surface area (Å²) < 4.78 is 0. The Labute approximate surface area is 158 Å². The SMILES string of the molecule is OCCc1nccc(N2CC3CCCC(C2)N3c2ccnc(CCO)n2)n1. The van der Waals surface area contributed by atoms with Crippen LogP contribution in [0.3, 0.4) is 0 Å². The predicted molar refractivity (Wildman–Crippen MR) is 102 cm³/mol.